The van der Waals surface area contributed by atoms with E-state index in [1.807, 2.05) is 0 Å². The fourth-order valence-electron chi connectivity index (χ4n) is 1.55. The zero-order valence-electron chi connectivity index (χ0n) is 10.5. The minimum absolute atomic E-state index is 0.0247. The van der Waals surface area contributed by atoms with E-state index in [1.165, 1.54) is 12.4 Å². The van der Waals surface area contributed by atoms with Gasteiger partial charge in [0.05, 0.1) is 12.2 Å². The number of nitrogens with one attached hydrogen (secondary N) is 3. The maximum absolute atomic E-state index is 12.0. The normalized spacial score (nSPS) is 15.0. The van der Waals surface area contributed by atoms with Crippen LogP contribution in [0, 0.1) is 0 Å². The lowest BCUT2D eigenvalue weighted by molar-refractivity contribution is -0.120. The third kappa shape index (κ3) is 3.65. The molecule has 1 aromatic rings. The van der Waals surface area contributed by atoms with Gasteiger partial charge in [0, 0.05) is 25.5 Å². The summed E-state index contributed by atoms with van der Waals surface area (Å²) in [6, 6.07) is 1.77. The van der Waals surface area contributed by atoms with Crippen LogP contribution in [0.4, 0.5) is 5.69 Å². The van der Waals surface area contributed by atoms with Gasteiger partial charge in [-0.05, 0) is 18.9 Å². The van der Waals surface area contributed by atoms with Gasteiger partial charge in [0.2, 0.25) is 15.9 Å². The molecule has 3 N–H and O–H groups in total. The second kappa shape index (κ2) is 5.54. The van der Waals surface area contributed by atoms with E-state index in [4.69, 9.17) is 0 Å². The van der Waals surface area contributed by atoms with Crippen LogP contribution in [-0.2, 0) is 14.8 Å². The Balaban J connectivity index is 2.02. The van der Waals surface area contributed by atoms with Gasteiger partial charge in [0.25, 0.3) is 0 Å². The predicted octanol–water partition coefficient (Wildman–Crippen LogP) is -0.320. The molecule has 19 heavy (non-hydrogen) atoms. The van der Waals surface area contributed by atoms with E-state index < -0.39 is 10.0 Å². The number of aromatic nitrogens is 1. The van der Waals surface area contributed by atoms with Crippen LogP contribution in [0.15, 0.2) is 23.4 Å². The van der Waals surface area contributed by atoms with Crippen LogP contribution >= 0.6 is 0 Å². The van der Waals surface area contributed by atoms with Crippen LogP contribution in [0.25, 0.3) is 0 Å². The molecule has 7 nitrogen and oxygen atoms in total. The van der Waals surface area contributed by atoms with E-state index >= 15 is 0 Å². The van der Waals surface area contributed by atoms with Crippen molar-refractivity contribution in [1.82, 2.24) is 15.0 Å². The molecule has 1 aromatic heterocycles. The highest BCUT2D eigenvalue weighted by molar-refractivity contribution is 7.89. The van der Waals surface area contributed by atoms with Gasteiger partial charge in [-0.2, -0.15) is 0 Å². The van der Waals surface area contributed by atoms with E-state index in [9.17, 15) is 13.2 Å². The number of nitrogens with zero attached hydrogens (tertiary/aromatic N) is 1. The van der Waals surface area contributed by atoms with Crippen molar-refractivity contribution in [2.24, 2.45) is 0 Å². The third-order valence-electron chi connectivity index (χ3n) is 2.71. The first kappa shape index (κ1) is 13.8. The largest absolute Gasteiger partial charge is 0.387 e. The molecule has 1 heterocycles. The molecule has 1 aliphatic rings. The van der Waals surface area contributed by atoms with Gasteiger partial charge in [-0.25, -0.2) is 13.1 Å². The first-order chi connectivity index (χ1) is 9.03. The molecule has 8 heteroatoms. The first-order valence-electron chi connectivity index (χ1n) is 5.94. The van der Waals surface area contributed by atoms with Crippen LogP contribution in [0.5, 0.6) is 0 Å². The summed E-state index contributed by atoms with van der Waals surface area (Å²) in [5.74, 6) is -0.319. The van der Waals surface area contributed by atoms with Crippen LogP contribution in [0.2, 0.25) is 0 Å². The summed E-state index contributed by atoms with van der Waals surface area (Å²) >= 11 is 0. The molecule has 1 amide bonds. The second-order valence-electron chi connectivity index (χ2n) is 4.29. The maximum atomic E-state index is 12.0. The molecular formula is C11H16N4O3S. The molecule has 0 aromatic carbocycles. The molecule has 0 unspecified atom stereocenters. The molecule has 0 radical (unpaired) electrons. The number of hydrogen-bond acceptors (Lipinski definition) is 5. The minimum atomic E-state index is -3.75. The van der Waals surface area contributed by atoms with E-state index in [0.717, 1.165) is 12.8 Å². The van der Waals surface area contributed by atoms with Gasteiger partial charge < -0.3 is 10.6 Å². The van der Waals surface area contributed by atoms with E-state index in [0.29, 0.717) is 5.69 Å². The lowest BCUT2D eigenvalue weighted by Gasteiger charge is -2.10. The summed E-state index contributed by atoms with van der Waals surface area (Å²) in [5.41, 5.74) is 0.435. The number of hydrogen-bond donors (Lipinski definition) is 3. The average molecular weight is 284 g/mol. The third-order valence-corrected chi connectivity index (χ3v) is 4.14. The monoisotopic (exact) mass is 284 g/mol. The molecule has 1 fully saturated rings. The van der Waals surface area contributed by atoms with Crippen molar-refractivity contribution in [3.63, 3.8) is 0 Å². The zero-order chi connectivity index (χ0) is 13.9. The smallest absolute Gasteiger partial charge is 0.244 e. The van der Waals surface area contributed by atoms with Gasteiger partial charge in [-0.1, -0.05) is 0 Å². The van der Waals surface area contributed by atoms with Crippen LogP contribution in [-0.4, -0.2) is 38.9 Å². The van der Waals surface area contributed by atoms with Gasteiger partial charge in [0.1, 0.15) is 4.90 Å². The van der Waals surface area contributed by atoms with Gasteiger partial charge in [-0.15, -0.1) is 0 Å². The molecule has 0 spiro atoms. The molecule has 0 atom stereocenters. The Bertz CT molecular complexity index is 569. The van der Waals surface area contributed by atoms with Crippen LogP contribution in [0.1, 0.15) is 12.8 Å². The van der Waals surface area contributed by atoms with Crippen molar-refractivity contribution in [3.05, 3.63) is 18.5 Å². The molecular weight excluding hydrogens is 268 g/mol. The predicted molar refractivity (Wildman–Crippen MR) is 70.1 cm³/mol. The van der Waals surface area contributed by atoms with E-state index in [2.05, 4.69) is 20.3 Å². The Morgan fingerprint density at radius 1 is 1.47 bits per heavy atom. The molecule has 2 rings (SSSR count). The number of carbonyl (C=O) groups excluding carboxylic acids is 1. The van der Waals surface area contributed by atoms with Crippen molar-refractivity contribution in [2.75, 3.05) is 18.9 Å². The van der Waals surface area contributed by atoms with Crippen molar-refractivity contribution in [2.45, 2.75) is 23.8 Å². The molecule has 1 saturated carbocycles. The summed E-state index contributed by atoms with van der Waals surface area (Å²) in [7, 11) is -2.13. The summed E-state index contributed by atoms with van der Waals surface area (Å²) in [5, 5.41) is 5.48. The maximum Gasteiger partial charge on any atom is 0.244 e. The van der Waals surface area contributed by atoms with Crippen LogP contribution < -0.4 is 15.4 Å². The van der Waals surface area contributed by atoms with Crippen molar-refractivity contribution < 1.29 is 13.2 Å². The summed E-state index contributed by atoms with van der Waals surface area (Å²) < 4.78 is 26.4. The number of sulfonamides is 1. The molecule has 1 aliphatic carbocycles. The topological polar surface area (TPSA) is 100 Å². The highest BCUT2D eigenvalue weighted by Gasteiger charge is 2.24. The minimum Gasteiger partial charge on any atom is -0.387 e. The van der Waals surface area contributed by atoms with Crippen molar-refractivity contribution in [3.8, 4) is 0 Å². The van der Waals surface area contributed by atoms with Crippen LogP contribution in [0.3, 0.4) is 0 Å². The van der Waals surface area contributed by atoms with Crippen molar-refractivity contribution in [1.29, 1.82) is 0 Å². The van der Waals surface area contributed by atoms with E-state index in [1.54, 1.807) is 13.1 Å². The number of amides is 1. The molecule has 0 bridgehead atoms. The molecule has 0 aliphatic heterocycles. The number of rotatable bonds is 6. The fourth-order valence-corrected chi connectivity index (χ4v) is 2.68. The average Bonchev–Trinajstić information content (AvgIpc) is 3.20. The SMILES string of the molecule is CNc1ccncc1S(=O)(=O)NCC(=O)NC1CC1. The summed E-state index contributed by atoms with van der Waals surface area (Å²) in [4.78, 5) is 15.3. The zero-order valence-corrected chi connectivity index (χ0v) is 11.3. The Kier molecular flexibility index (Phi) is 4.01. The fraction of sp³-hybridized carbons (Fsp3) is 0.455. The lowest BCUT2D eigenvalue weighted by Crippen LogP contribution is -2.38. The van der Waals surface area contributed by atoms with Crippen molar-refractivity contribution >= 4 is 21.6 Å². The standard InChI is InChI=1S/C11H16N4O3S/c1-12-9-4-5-13-6-10(9)19(17,18)14-7-11(16)15-8-2-3-8/h4-6,8,14H,2-3,7H2,1H3,(H,12,13)(H,15,16). The number of anilines is 1. The Morgan fingerprint density at radius 3 is 2.84 bits per heavy atom. The summed E-state index contributed by atoms with van der Waals surface area (Å²) in [6.07, 6.45) is 4.66. The highest BCUT2D eigenvalue weighted by atomic mass is 32.2. The second-order valence-corrected chi connectivity index (χ2v) is 6.02. The van der Waals surface area contributed by atoms with Gasteiger partial charge >= 0.3 is 0 Å². The van der Waals surface area contributed by atoms with Gasteiger partial charge in [0.15, 0.2) is 0 Å². The Morgan fingerprint density at radius 2 is 2.21 bits per heavy atom. The Labute approximate surface area is 111 Å². The van der Waals surface area contributed by atoms with E-state index in [-0.39, 0.29) is 23.4 Å². The molecule has 104 valence electrons. The highest BCUT2D eigenvalue weighted by Crippen LogP contribution is 2.19. The number of carbonyl (C=O) groups is 1. The lowest BCUT2D eigenvalue weighted by atomic mass is 10.4. The first-order valence-corrected chi connectivity index (χ1v) is 7.42. The quantitative estimate of drug-likeness (QED) is 0.665. The summed E-state index contributed by atoms with van der Waals surface area (Å²) in [6.45, 7) is -0.267. The Hall–Kier alpha value is -1.67. The van der Waals surface area contributed by atoms with Gasteiger partial charge in [-0.3, -0.25) is 9.78 Å². The number of pyridine rings is 1. The molecule has 0 saturated heterocycles.